The second kappa shape index (κ2) is 4.80. The first kappa shape index (κ1) is 13.8. The van der Waals surface area contributed by atoms with Gasteiger partial charge < -0.3 is 9.79 Å². The van der Waals surface area contributed by atoms with Crippen LogP contribution >= 0.6 is 7.60 Å². The zero-order chi connectivity index (χ0) is 13.4. The average Bonchev–Trinajstić information content (AvgIpc) is 2.29. The largest absolute Gasteiger partial charge is 0.336 e. The predicted molar refractivity (Wildman–Crippen MR) is 72.5 cm³/mol. The summed E-state index contributed by atoms with van der Waals surface area (Å²) in [7, 11) is -4.17. The molecular formula is C14H21O3P. The maximum Gasteiger partial charge on any atom is 0.336 e. The van der Waals surface area contributed by atoms with Crippen molar-refractivity contribution in [2.45, 2.75) is 44.7 Å². The van der Waals surface area contributed by atoms with Gasteiger partial charge in [0.2, 0.25) is 0 Å². The van der Waals surface area contributed by atoms with E-state index in [0.29, 0.717) is 6.42 Å². The summed E-state index contributed by atoms with van der Waals surface area (Å²) in [4.78, 5) is 19.8. The first-order chi connectivity index (χ1) is 8.38. The molecule has 1 aromatic rings. The second-order valence-electron chi connectivity index (χ2n) is 5.48. The quantitative estimate of drug-likeness (QED) is 0.806. The summed E-state index contributed by atoms with van der Waals surface area (Å²) >= 11 is 0. The number of rotatable bonds is 2. The van der Waals surface area contributed by atoms with E-state index in [1.807, 2.05) is 38.1 Å². The van der Waals surface area contributed by atoms with Crippen LogP contribution in [0, 0.1) is 12.8 Å². The van der Waals surface area contributed by atoms with E-state index >= 15 is 0 Å². The molecule has 0 aromatic heterocycles. The van der Waals surface area contributed by atoms with E-state index in [2.05, 4.69) is 0 Å². The van der Waals surface area contributed by atoms with Gasteiger partial charge in [-0.25, -0.2) is 0 Å². The maximum atomic E-state index is 12.1. The Labute approximate surface area is 108 Å². The predicted octanol–water partition coefficient (Wildman–Crippen LogP) is 3.58. The van der Waals surface area contributed by atoms with Gasteiger partial charge in [-0.2, -0.15) is 0 Å². The molecule has 100 valence electrons. The average molecular weight is 268 g/mol. The molecule has 1 aromatic carbocycles. The highest BCUT2D eigenvalue weighted by atomic mass is 31.2. The van der Waals surface area contributed by atoms with Gasteiger partial charge in [0.15, 0.2) is 0 Å². The minimum Gasteiger partial charge on any atom is -0.324 e. The van der Waals surface area contributed by atoms with Gasteiger partial charge in [-0.1, -0.05) is 49.6 Å². The smallest absolute Gasteiger partial charge is 0.324 e. The molecule has 0 aliphatic heterocycles. The molecule has 0 saturated heterocycles. The SMILES string of the molecule is Cc1ccc(C2(P(=O)(O)O)CCCCC2C)cc1. The molecule has 0 radical (unpaired) electrons. The minimum absolute atomic E-state index is 0.0230. The summed E-state index contributed by atoms with van der Waals surface area (Å²) < 4.78 is 12.1. The Morgan fingerprint density at radius 3 is 2.33 bits per heavy atom. The second-order valence-corrected chi connectivity index (χ2v) is 7.37. The van der Waals surface area contributed by atoms with Crippen LogP contribution in [0.1, 0.15) is 43.7 Å². The molecule has 1 fully saturated rings. The van der Waals surface area contributed by atoms with E-state index in [1.165, 1.54) is 0 Å². The van der Waals surface area contributed by atoms with E-state index in [4.69, 9.17) is 0 Å². The molecule has 1 aliphatic rings. The molecule has 2 unspecified atom stereocenters. The Morgan fingerprint density at radius 1 is 1.22 bits per heavy atom. The van der Waals surface area contributed by atoms with Crippen LogP contribution in [0.4, 0.5) is 0 Å². The van der Waals surface area contributed by atoms with Gasteiger partial charge in [0, 0.05) is 0 Å². The Hall–Kier alpha value is -0.630. The van der Waals surface area contributed by atoms with E-state index in [-0.39, 0.29) is 5.92 Å². The molecule has 1 aliphatic carbocycles. The van der Waals surface area contributed by atoms with Crippen molar-refractivity contribution in [1.82, 2.24) is 0 Å². The Bertz CT molecular complexity index is 462. The van der Waals surface area contributed by atoms with Gasteiger partial charge >= 0.3 is 7.60 Å². The lowest BCUT2D eigenvalue weighted by Gasteiger charge is -2.43. The highest BCUT2D eigenvalue weighted by Gasteiger charge is 2.52. The van der Waals surface area contributed by atoms with Gasteiger partial charge in [-0.3, -0.25) is 4.57 Å². The third kappa shape index (κ3) is 2.16. The summed E-state index contributed by atoms with van der Waals surface area (Å²) in [6, 6.07) is 7.65. The topological polar surface area (TPSA) is 57.5 Å². The Balaban J connectivity index is 2.55. The van der Waals surface area contributed by atoms with E-state index in [1.54, 1.807) is 0 Å². The first-order valence-corrected chi connectivity index (χ1v) is 8.12. The molecule has 2 N–H and O–H groups in total. The van der Waals surface area contributed by atoms with Crippen LogP contribution in [0.15, 0.2) is 24.3 Å². The molecule has 0 heterocycles. The van der Waals surface area contributed by atoms with Crippen LogP contribution in [0.25, 0.3) is 0 Å². The van der Waals surface area contributed by atoms with Crippen LogP contribution in [-0.2, 0) is 9.72 Å². The Morgan fingerprint density at radius 2 is 1.83 bits per heavy atom. The fourth-order valence-corrected chi connectivity index (χ4v) is 4.84. The summed E-state index contributed by atoms with van der Waals surface area (Å²) in [5, 5.41) is -0.973. The molecule has 1 saturated carbocycles. The number of hydrogen-bond donors (Lipinski definition) is 2. The molecule has 0 spiro atoms. The normalized spacial score (nSPS) is 29.2. The molecular weight excluding hydrogens is 247 g/mol. The van der Waals surface area contributed by atoms with E-state index in [0.717, 1.165) is 30.4 Å². The molecule has 2 rings (SSSR count). The van der Waals surface area contributed by atoms with Crippen molar-refractivity contribution in [2.75, 3.05) is 0 Å². The van der Waals surface area contributed by atoms with Crippen LogP contribution in [0.5, 0.6) is 0 Å². The van der Waals surface area contributed by atoms with Crippen molar-refractivity contribution in [3.05, 3.63) is 35.4 Å². The maximum absolute atomic E-state index is 12.1. The highest BCUT2D eigenvalue weighted by Crippen LogP contribution is 2.65. The zero-order valence-electron chi connectivity index (χ0n) is 11.0. The lowest BCUT2D eigenvalue weighted by Crippen LogP contribution is -2.36. The lowest BCUT2D eigenvalue weighted by atomic mass is 9.75. The van der Waals surface area contributed by atoms with E-state index < -0.39 is 12.8 Å². The number of hydrogen-bond acceptors (Lipinski definition) is 1. The molecule has 4 heteroatoms. The fraction of sp³-hybridized carbons (Fsp3) is 0.571. The van der Waals surface area contributed by atoms with Gasteiger partial charge in [0.25, 0.3) is 0 Å². The molecule has 2 atom stereocenters. The fourth-order valence-electron chi connectivity index (χ4n) is 3.20. The van der Waals surface area contributed by atoms with Crippen LogP contribution in [0.2, 0.25) is 0 Å². The number of benzene rings is 1. The first-order valence-electron chi connectivity index (χ1n) is 6.51. The third-order valence-electron chi connectivity index (χ3n) is 4.33. The molecule has 3 nitrogen and oxygen atoms in total. The monoisotopic (exact) mass is 268 g/mol. The van der Waals surface area contributed by atoms with Crippen LogP contribution in [-0.4, -0.2) is 9.79 Å². The molecule has 18 heavy (non-hydrogen) atoms. The van der Waals surface area contributed by atoms with Crippen molar-refractivity contribution in [2.24, 2.45) is 5.92 Å². The minimum atomic E-state index is -4.17. The van der Waals surface area contributed by atoms with Gasteiger partial charge in [-0.15, -0.1) is 0 Å². The van der Waals surface area contributed by atoms with Crippen molar-refractivity contribution < 1.29 is 14.4 Å². The summed E-state index contributed by atoms with van der Waals surface area (Å²) in [5.41, 5.74) is 1.91. The standard InChI is InChI=1S/C14H21O3P/c1-11-6-8-13(9-7-11)14(18(15,16)17)10-4-3-5-12(14)2/h6-9,12H,3-5,10H2,1-2H3,(H2,15,16,17). The van der Waals surface area contributed by atoms with Crippen molar-refractivity contribution in [3.8, 4) is 0 Å². The van der Waals surface area contributed by atoms with Crippen molar-refractivity contribution in [3.63, 3.8) is 0 Å². The van der Waals surface area contributed by atoms with Crippen LogP contribution in [0.3, 0.4) is 0 Å². The zero-order valence-corrected chi connectivity index (χ0v) is 11.9. The lowest BCUT2D eigenvalue weighted by molar-refractivity contribution is 0.223. The van der Waals surface area contributed by atoms with Crippen molar-refractivity contribution in [1.29, 1.82) is 0 Å². The third-order valence-corrected chi connectivity index (χ3v) is 6.29. The van der Waals surface area contributed by atoms with E-state index in [9.17, 15) is 14.4 Å². The van der Waals surface area contributed by atoms with Gasteiger partial charge in [-0.05, 0) is 31.2 Å². The summed E-state index contributed by atoms with van der Waals surface area (Å²) in [6.45, 7) is 3.95. The van der Waals surface area contributed by atoms with Gasteiger partial charge in [0.1, 0.15) is 0 Å². The van der Waals surface area contributed by atoms with Gasteiger partial charge in [0.05, 0.1) is 5.16 Å². The molecule has 0 amide bonds. The van der Waals surface area contributed by atoms with Crippen molar-refractivity contribution >= 4 is 7.60 Å². The Kier molecular flexibility index (Phi) is 3.68. The summed E-state index contributed by atoms with van der Waals surface area (Å²) in [6.07, 6.45) is 3.43. The van der Waals surface area contributed by atoms with Crippen LogP contribution < -0.4 is 0 Å². The summed E-state index contributed by atoms with van der Waals surface area (Å²) in [5.74, 6) is 0.0230. The highest BCUT2D eigenvalue weighted by molar-refractivity contribution is 7.53. The number of aryl methyl sites for hydroxylation is 1. The molecule has 0 bridgehead atoms.